The van der Waals surface area contributed by atoms with Crippen LogP contribution in [-0.4, -0.2) is 4.57 Å². The van der Waals surface area contributed by atoms with Gasteiger partial charge in [-0.1, -0.05) is 13.0 Å². The maximum absolute atomic E-state index is 5.95. The number of halogens is 1. The van der Waals surface area contributed by atoms with Crippen molar-refractivity contribution >= 4 is 32.5 Å². The van der Waals surface area contributed by atoms with Gasteiger partial charge in [0.1, 0.15) is 0 Å². The number of aryl methyl sites for hydroxylation is 1. The van der Waals surface area contributed by atoms with Crippen molar-refractivity contribution in [1.82, 2.24) is 4.57 Å². The number of nitrogen functional groups attached to an aromatic ring is 1. The molecule has 0 aliphatic rings. The molecule has 0 amide bonds. The molecule has 0 fully saturated rings. The van der Waals surface area contributed by atoms with E-state index in [-0.39, 0.29) is 0 Å². The molecule has 0 bridgehead atoms. The van der Waals surface area contributed by atoms with Gasteiger partial charge in [0.15, 0.2) is 0 Å². The number of anilines is 1. The zero-order valence-electron chi connectivity index (χ0n) is 8.34. The fourth-order valence-corrected chi connectivity index (χ4v) is 2.88. The van der Waals surface area contributed by atoms with Crippen molar-refractivity contribution in [3.63, 3.8) is 0 Å². The Kier molecular flexibility index (Phi) is 2.27. The summed E-state index contributed by atoms with van der Waals surface area (Å²) in [6, 6.07) is 6.02. The van der Waals surface area contributed by atoms with E-state index < -0.39 is 0 Å². The summed E-state index contributed by atoms with van der Waals surface area (Å²) in [6.07, 6.45) is 1.01. The van der Waals surface area contributed by atoms with E-state index in [1.165, 1.54) is 11.2 Å². The van der Waals surface area contributed by atoms with Gasteiger partial charge in [-0.3, -0.25) is 0 Å². The monoisotopic (exact) mass is 252 g/mol. The second-order valence-electron chi connectivity index (χ2n) is 3.41. The van der Waals surface area contributed by atoms with Gasteiger partial charge in [0, 0.05) is 28.3 Å². The molecule has 1 aromatic heterocycles. The van der Waals surface area contributed by atoms with Crippen molar-refractivity contribution in [3.05, 3.63) is 28.4 Å². The Bertz CT molecular complexity index is 485. The van der Waals surface area contributed by atoms with Gasteiger partial charge in [-0.15, -0.1) is 0 Å². The lowest BCUT2D eigenvalue weighted by Gasteiger charge is -2.00. The molecule has 0 saturated heterocycles. The Morgan fingerprint density at radius 2 is 2.14 bits per heavy atom. The smallest absolute Gasteiger partial charge is 0.0512 e. The van der Waals surface area contributed by atoms with Gasteiger partial charge in [-0.25, -0.2) is 0 Å². The number of fused-ring (bicyclic) bond motifs is 1. The minimum Gasteiger partial charge on any atom is -0.398 e. The molecule has 14 heavy (non-hydrogen) atoms. The summed E-state index contributed by atoms with van der Waals surface area (Å²) >= 11 is 3.61. The molecule has 74 valence electrons. The van der Waals surface area contributed by atoms with Crippen LogP contribution in [0.2, 0.25) is 0 Å². The predicted octanol–water partition coefficient (Wildman–Crippen LogP) is 3.09. The molecule has 0 radical (unpaired) electrons. The molecule has 0 unspecified atom stereocenters. The van der Waals surface area contributed by atoms with E-state index in [2.05, 4.69) is 40.5 Å². The third kappa shape index (κ3) is 1.16. The molecule has 2 N–H and O–H groups in total. The molecule has 2 rings (SSSR count). The van der Waals surface area contributed by atoms with Crippen LogP contribution in [0.3, 0.4) is 0 Å². The maximum Gasteiger partial charge on any atom is 0.0512 e. The van der Waals surface area contributed by atoms with Crippen LogP contribution >= 0.6 is 15.9 Å². The van der Waals surface area contributed by atoms with Crippen molar-refractivity contribution in [1.29, 1.82) is 0 Å². The van der Waals surface area contributed by atoms with Gasteiger partial charge in [0.2, 0.25) is 0 Å². The summed E-state index contributed by atoms with van der Waals surface area (Å²) in [7, 11) is 2.07. The molecule has 2 nitrogen and oxygen atoms in total. The lowest BCUT2D eigenvalue weighted by atomic mass is 10.2. The van der Waals surface area contributed by atoms with E-state index in [0.717, 1.165) is 22.0 Å². The molecule has 0 atom stereocenters. The first kappa shape index (κ1) is 9.59. The van der Waals surface area contributed by atoms with Crippen molar-refractivity contribution in [2.75, 3.05) is 5.73 Å². The summed E-state index contributed by atoms with van der Waals surface area (Å²) in [6.45, 7) is 2.15. The fourth-order valence-electron chi connectivity index (χ4n) is 1.91. The molecule has 3 heteroatoms. The van der Waals surface area contributed by atoms with Crippen LogP contribution in [0.4, 0.5) is 5.69 Å². The number of hydrogen-bond acceptors (Lipinski definition) is 1. The highest BCUT2D eigenvalue weighted by Gasteiger charge is 2.12. The molecule has 1 aromatic carbocycles. The van der Waals surface area contributed by atoms with Crippen LogP contribution in [0.25, 0.3) is 10.9 Å². The van der Waals surface area contributed by atoms with Crippen LogP contribution in [0.5, 0.6) is 0 Å². The molecule has 0 aliphatic heterocycles. The quantitative estimate of drug-likeness (QED) is 0.778. The molecule has 0 spiro atoms. The van der Waals surface area contributed by atoms with E-state index in [1.807, 2.05) is 12.1 Å². The Hall–Kier alpha value is -0.960. The molecular weight excluding hydrogens is 240 g/mol. The van der Waals surface area contributed by atoms with Crippen LogP contribution in [0.1, 0.15) is 12.6 Å². The highest BCUT2D eigenvalue weighted by Crippen LogP contribution is 2.34. The first-order valence-corrected chi connectivity index (χ1v) is 5.47. The third-order valence-electron chi connectivity index (χ3n) is 2.65. The van der Waals surface area contributed by atoms with E-state index in [9.17, 15) is 0 Å². The van der Waals surface area contributed by atoms with Crippen LogP contribution in [0.15, 0.2) is 22.7 Å². The van der Waals surface area contributed by atoms with E-state index in [4.69, 9.17) is 5.73 Å². The Morgan fingerprint density at radius 1 is 1.43 bits per heavy atom. The van der Waals surface area contributed by atoms with E-state index in [0.29, 0.717) is 0 Å². The second kappa shape index (κ2) is 3.31. The normalized spacial score (nSPS) is 11.1. The van der Waals surface area contributed by atoms with E-state index in [1.54, 1.807) is 0 Å². The zero-order valence-corrected chi connectivity index (χ0v) is 9.93. The largest absolute Gasteiger partial charge is 0.398 e. The topological polar surface area (TPSA) is 30.9 Å². The number of benzene rings is 1. The van der Waals surface area contributed by atoms with Crippen LogP contribution in [-0.2, 0) is 13.5 Å². The molecule has 2 aromatic rings. The van der Waals surface area contributed by atoms with Gasteiger partial charge in [0.05, 0.1) is 5.52 Å². The van der Waals surface area contributed by atoms with Crippen molar-refractivity contribution in [3.8, 4) is 0 Å². The fraction of sp³-hybridized carbons (Fsp3) is 0.273. The summed E-state index contributed by atoms with van der Waals surface area (Å²) in [5.41, 5.74) is 9.27. The SMILES string of the molecule is CCc1c(Br)c2c(N)cccc2n1C. The summed E-state index contributed by atoms with van der Waals surface area (Å²) in [4.78, 5) is 0. The van der Waals surface area contributed by atoms with Gasteiger partial charge < -0.3 is 10.3 Å². The van der Waals surface area contributed by atoms with E-state index >= 15 is 0 Å². The highest BCUT2D eigenvalue weighted by molar-refractivity contribution is 9.10. The van der Waals surface area contributed by atoms with Gasteiger partial charge in [-0.2, -0.15) is 0 Å². The highest BCUT2D eigenvalue weighted by atomic mass is 79.9. The third-order valence-corrected chi connectivity index (χ3v) is 3.50. The van der Waals surface area contributed by atoms with Crippen molar-refractivity contribution in [2.24, 2.45) is 7.05 Å². The van der Waals surface area contributed by atoms with Gasteiger partial charge >= 0.3 is 0 Å². The number of nitrogens with zero attached hydrogens (tertiary/aromatic N) is 1. The molecule has 0 saturated carbocycles. The standard InChI is InChI=1S/C11H13BrN2/c1-3-8-11(12)10-7(13)5-4-6-9(10)14(8)2/h4-6H,3,13H2,1-2H3. The molecule has 0 aliphatic carbocycles. The van der Waals surface area contributed by atoms with Gasteiger partial charge in [0.25, 0.3) is 0 Å². The lowest BCUT2D eigenvalue weighted by molar-refractivity contribution is 0.861. The summed E-state index contributed by atoms with van der Waals surface area (Å²) < 4.78 is 3.33. The number of nitrogens with two attached hydrogens (primary N) is 1. The Labute approximate surface area is 91.8 Å². The van der Waals surface area contributed by atoms with Crippen molar-refractivity contribution in [2.45, 2.75) is 13.3 Å². The second-order valence-corrected chi connectivity index (χ2v) is 4.21. The summed E-state index contributed by atoms with van der Waals surface area (Å²) in [5.74, 6) is 0. The first-order chi connectivity index (χ1) is 6.66. The number of rotatable bonds is 1. The lowest BCUT2D eigenvalue weighted by Crippen LogP contribution is -1.93. The maximum atomic E-state index is 5.95. The molecule has 1 heterocycles. The zero-order chi connectivity index (χ0) is 10.3. The van der Waals surface area contributed by atoms with Gasteiger partial charge in [-0.05, 0) is 34.5 Å². The average molecular weight is 253 g/mol. The Morgan fingerprint density at radius 3 is 2.71 bits per heavy atom. The minimum atomic E-state index is 0.838. The molecular formula is C11H13BrN2. The number of aromatic nitrogens is 1. The van der Waals surface area contributed by atoms with Crippen molar-refractivity contribution < 1.29 is 0 Å². The average Bonchev–Trinajstić information content (AvgIpc) is 2.41. The van der Waals surface area contributed by atoms with Crippen LogP contribution < -0.4 is 5.73 Å². The van der Waals surface area contributed by atoms with Crippen LogP contribution in [0, 0.1) is 0 Å². The summed E-state index contributed by atoms with van der Waals surface area (Å²) in [5, 5.41) is 1.13. The minimum absolute atomic E-state index is 0.838. The number of hydrogen-bond donors (Lipinski definition) is 1. The predicted molar refractivity (Wildman–Crippen MR) is 64.4 cm³/mol. The Balaban J connectivity index is 2.94. The first-order valence-electron chi connectivity index (χ1n) is 4.68.